The lowest BCUT2D eigenvalue weighted by molar-refractivity contribution is -0.136. The Bertz CT molecular complexity index is 511. The summed E-state index contributed by atoms with van der Waals surface area (Å²) >= 11 is 0. The summed E-state index contributed by atoms with van der Waals surface area (Å²) in [6.45, 7) is 5.93. The molecule has 4 nitrogen and oxygen atoms in total. The zero-order valence-corrected chi connectivity index (χ0v) is 12.0. The number of piperidine rings is 1. The van der Waals surface area contributed by atoms with E-state index < -0.39 is 0 Å². The van der Waals surface area contributed by atoms with Crippen LogP contribution in [0.4, 0.5) is 0 Å². The van der Waals surface area contributed by atoms with Gasteiger partial charge in [-0.3, -0.25) is 4.79 Å². The van der Waals surface area contributed by atoms with Gasteiger partial charge in [-0.05, 0) is 30.4 Å². The van der Waals surface area contributed by atoms with Crippen molar-refractivity contribution in [1.82, 2.24) is 4.90 Å². The van der Waals surface area contributed by atoms with Crippen LogP contribution in [0.3, 0.4) is 0 Å². The van der Waals surface area contributed by atoms with E-state index in [2.05, 4.69) is 19.9 Å². The average Bonchev–Trinajstić information content (AvgIpc) is 2.44. The summed E-state index contributed by atoms with van der Waals surface area (Å²) in [6, 6.07) is 9.04. The van der Waals surface area contributed by atoms with Crippen LogP contribution in [0, 0.1) is 23.2 Å². The predicted octanol–water partition coefficient (Wildman–Crippen LogP) is 2.44. The van der Waals surface area contributed by atoms with Crippen molar-refractivity contribution >= 4 is 5.91 Å². The molecule has 0 saturated carbocycles. The maximum absolute atomic E-state index is 12.2. The summed E-state index contributed by atoms with van der Waals surface area (Å²) in [4.78, 5) is 14.0. The van der Waals surface area contributed by atoms with Crippen LogP contribution in [-0.4, -0.2) is 30.5 Å². The quantitative estimate of drug-likeness (QED) is 0.849. The van der Waals surface area contributed by atoms with Gasteiger partial charge < -0.3 is 9.64 Å². The Morgan fingerprint density at radius 2 is 2.00 bits per heavy atom. The molecule has 1 aromatic carbocycles. The van der Waals surface area contributed by atoms with E-state index in [1.54, 1.807) is 24.3 Å². The van der Waals surface area contributed by atoms with Crippen molar-refractivity contribution in [3.05, 3.63) is 29.8 Å². The van der Waals surface area contributed by atoms with Gasteiger partial charge in [0, 0.05) is 13.1 Å². The zero-order chi connectivity index (χ0) is 14.5. The molecule has 2 rings (SSSR count). The molecule has 0 aliphatic carbocycles. The largest absolute Gasteiger partial charge is 0.482 e. The predicted molar refractivity (Wildman–Crippen MR) is 76.2 cm³/mol. The lowest BCUT2D eigenvalue weighted by atomic mass is 9.92. The fourth-order valence-corrected chi connectivity index (χ4v) is 2.78. The van der Waals surface area contributed by atoms with E-state index in [1.165, 1.54) is 6.42 Å². The molecule has 4 heteroatoms. The third kappa shape index (κ3) is 3.51. The highest BCUT2D eigenvalue weighted by molar-refractivity contribution is 5.78. The van der Waals surface area contributed by atoms with Crippen molar-refractivity contribution in [2.75, 3.05) is 19.7 Å². The lowest BCUT2D eigenvalue weighted by Gasteiger charge is -2.34. The first kappa shape index (κ1) is 14.4. The normalized spacial score (nSPS) is 22.1. The molecule has 1 aliphatic rings. The molecule has 0 bridgehead atoms. The van der Waals surface area contributed by atoms with Crippen molar-refractivity contribution in [3.63, 3.8) is 0 Å². The van der Waals surface area contributed by atoms with Gasteiger partial charge in [0.2, 0.25) is 0 Å². The van der Waals surface area contributed by atoms with Crippen molar-refractivity contribution in [1.29, 1.82) is 5.26 Å². The topological polar surface area (TPSA) is 53.3 Å². The SMILES string of the molecule is C[C@@H]1C[C@H](C)CN(C(=O)COc2ccccc2C#N)C1. The van der Waals surface area contributed by atoms with Crippen LogP contribution in [-0.2, 0) is 4.79 Å². The number of likely N-dealkylation sites (tertiary alicyclic amines) is 1. The molecule has 20 heavy (non-hydrogen) atoms. The minimum atomic E-state index is -0.00357. The van der Waals surface area contributed by atoms with Gasteiger partial charge in [-0.15, -0.1) is 0 Å². The van der Waals surface area contributed by atoms with Crippen LogP contribution >= 0.6 is 0 Å². The highest BCUT2D eigenvalue weighted by atomic mass is 16.5. The number of nitrogens with zero attached hydrogens (tertiary/aromatic N) is 2. The van der Waals surface area contributed by atoms with Crippen LogP contribution in [0.1, 0.15) is 25.8 Å². The number of para-hydroxylation sites is 1. The van der Waals surface area contributed by atoms with Crippen molar-refractivity contribution < 1.29 is 9.53 Å². The van der Waals surface area contributed by atoms with Crippen LogP contribution in [0.5, 0.6) is 5.75 Å². The molecule has 2 atom stereocenters. The van der Waals surface area contributed by atoms with Gasteiger partial charge >= 0.3 is 0 Å². The van der Waals surface area contributed by atoms with E-state index in [1.807, 2.05) is 4.90 Å². The van der Waals surface area contributed by atoms with E-state index >= 15 is 0 Å². The number of hydrogen-bond acceptors (Lipinski definition) is 3. The van der Waals surface area contributed by atoms with E-state index in [0.717, 1.165) is 13.1 Å². The van der Waals surface area contributed by atoms with Gasteiger partial charge in [-0.2, -0.15) is 5.26 Å². The second-order valence-electron chi connectivity index (χ2n) is 5.64. The summed E-state index contributed by atoms with van der Waals surface area (Å²) in [7, 11) is 0. The number of rotatable bonds is 3. The molecule has 1 aromatic rings. The molecule has 0 aromatic heterocycles. The number of carbonyl (C=O) groups is 1. The number of hydrogen-bond donors (Lipinski definition) is 0. The highest BCUT2D eigenvalue weighted by Gasteiger charge is 2.25. The van der Waals surface area contributed by atoms with E-state index in [0.29, 0.717) is 23.1 Å². The molecule has 1 aliphatic heterocycles. The molecular formula is C16H20N2O2. The smallest absolute Gasteiger partial charge is 0.260 e. The highest BCUT2D eigenvalue weighted by Crippen LogP contribution is 2.21. The number of amides is 1. The summed E-state index contributed by atoms with van der Waals surface area (Å²) in [5.41, 5.74) is 0.459. The summed E-state index contributed by atoms with van der Waals surface area (Å²) < 4.78 is 5.50. The first-order valence-corrected chi connectivity index (χ1v) is 7.00. The van der Waals surface area contributed by atoms with Crippen molar-refractivity contribution in [2.45, 2.75) is 20.3 Å². The second kappa shape index (κ2) is 6.42. The summed E-state index contributed by atoms with van der Waals surface area (Å²) in [6.07, 6.45) is 1.17. The fraction of sp³-hybridized carbons (Fsp3) is 0.500. The Labute approximate surface area is 120 Å². The summed E-state index contributed by atoms with van der Waals surface area (Å²) in [5.74, 6) is 1.54. The molecule has 1 fully saturated rings. The Kier molecular flexibility index (Phi) is 4.62. The van der Waals surface area contributed by atoms with Crippen molar-refractivity contribution in [3.8, 4) is 11.8 Å². The number of nitriles is 1. The summed E-state index contributed by atoms with van der Waals surface area (Å²) in [5, 5.41) is 8.98. The molecule has 0 unspecified atom stereocenters. The third-order valence-corrected chi connectivity index (χ3v) is 3.58. The van der Waals surface area contributed by atoms with Crippen LogP contribution in [0.25, 0.3) is 0 Å². The van der Waals surface area contributed by atoms with Gasteiger partial charge in [0.25, 0.3) is 5.91 Å². The van der Waals surface area contributed by atoms with Gasteiger partial charge in [-0.25, -0.2) is 0 Å². The fourth-order valence-electron chi connectivity index (χ4n) is 2.78. The first-order valence-electron chi connectivity index (χ1n) is 7.00. The van der Waals surface area contributed by atoms with E-state index in [9.17, 15) is 4.79 Å². The number of carbonyl (C=O) groups excluding carboxylic acids is 1. The van der Waals surface area contributed by atoms with Crippen LogP contribution in [0.15, 0.2) is 24.3 Å². The standard InChI is InChI=1S/C16H20N2O2/c1-12-7-13(2)10-18(9-12)16(19)11-20-15-6-4-3-5-14(15)8-17/h3-6,12-13H,7,9-11H2,1-2H3/t12-,13+. The van der Waals surface area contributed by atoms with E-state index in [4.69, 9.17) is 10.00 Å². The van der Waals surface area contributed by atoms with Crippen molar-refractivity contribution in [2.24, 2.45) is 11.8 Å². The maximum atomic E-state index is 12.2. The lowest BCUT2D eigenvalue weighted by Crippen LogP contribution is -2.44. The zero-order valence-electron chi connectivity index (χ0n) is 12.0. The number of benzene rings is 1. The third-order valence-electron chi connectivity index (χ3n) is 3.58. The molecule has 1 heterocycles. The Hall–Kier alpha value is -2.02. The molecule has 0 spiro atoms. The second-order valence-corrected chi connectivity index (χ2v) is 5.64. The minimum absolute atomic E-state index is 0.00185. The molecule has 0 radical (unpaired) electrons. The molecule has 0 N–H and O–H groups in total. The molecular weight excluding hydrogens is 252 g/mol. The molecule has 1 saturated heterocycles. The Balaban J connectivity index is 1.94. The van der Waals surface area contributed by atoms with Gasteiger partial charge in [0.1, 0.15) is 11.8 Å². The van der Waals surface area contributed by atoms with Crippen LogP contribution in [0.2, 0.25) is 0 Å². The maximum Gasteiger partial charge on any atom is 0.260 e. The van der Waals surface area contributed by atoms with Gasteiger partial charge in [-0.1, -0.05) is 26.0 Å². The average molecular weight is 272 g/mol. The Morgan fingerprint density at radius 3 is 2.65 bits per heavy atom. The minimum Gasteiger partial charge on any atom is -0.482 e. The molecule has 1 amide bonds. The van der Waals surface area contributed by atoms with Gasteiger partial charge in [0.05, 0.1) is 5.56 Å². The first-order chi connectivity index (χ1) is 9.60. The monoisotopic (exact) mass is 272 g/mol. The number of ether oxygens (including phenoxy) is 1. The van der Waals surface area contributed by atoms with E-state index in [-0.39, 0.29) is 12.5 Å². The van der Waals surface area contributed by atoms with Gasteiger partial charge in [0.15, 0.2) is 6.61 Å². The van der Waals surface area contributed by atoms with Crippen LogP contribution < -0.4 is 4.74 Å². The Morgan fingerprint density at radius 1 is 1.35 bits per heavy atom. The molecule has 106 valence electrons.